The number of benzene rings is 1. The number of hydrogen-bond donors (Lipinski definition) is 2. The summed E-state index contributed by atoms with van der Waals surface area (Å²) in [6.07, 6.45) is 1.34. The molecule has 0 spiro atoms. The molecule has 3 atom stereocenters. The number of anilines is 1. The van der Waals surface area contributed by atoms with Crippen molar-refractivity contribution in [1.29, 1.82) is 0 Å². The quantitative estimate of drug-likeness (QED) is 0.899. The van der Waals surface area contributed by atoms with Gasteiger partial charge in [0.2, 0.25) is 5.91 Å². The van der Waals surface area contributed by atoms with Crippen LogP contribution in [0.3, 0.4) is 0 Å². The van der Waals surface area contributed by atoms with E-state index in [1.807, 2.05) is 27.0 Å². The van der Waals surface area contributed by atoms with Crippen LogP contribution in [0.1, 0.15) is 44.4 Å². The molecular formula is C17H24N2O2. The van der Waals surface area contributed by atoms with Gasteiger partial charge in [0.05, 0.1) is 11.5 Å². The van der Waals surface area contributed by atoms with E-state index in [0.29, 0.717) is 5.92 Å². The normalized spacial score (nSPS) is 28.3. The Hall–Kier alpha value is -1.39. The van der Waals surface area contributed by atoms with E-state index in [2.05, 4.69) is 29.7 Å². The summed E-state index contributed by atoms with van der Waals surface area (Å²) >= 11 is 0. The highest BCUT2D eigenvalue weighted by Gasteiger charge is 2.39. The summed E-state index contributed by atoms with van der Waals surface area (Å²) in [6.45, 7) is 6.94. The Kier molecular flexibility index (Phi) is 3.54. The van der Waals surface area contributed by atoms with Crippen LogP contribution in [-0.2, 0) is 14.9 Å². The molecule has 4 nitrogen and oxygen atoms in total. The Labute approximate surface area is 126 Å². The van der Waals surface area contributed by atoms with Gasteiger partial charge in [-0.2, -0.15) is 0 Å². The molecule has 21 heavy (non-hydrogen) atoms. The number of nitrogens with one attached hydrogen (secondary N) is 2. The zero-order chi connectivity index (χ0) is 15.2. The minimum Gasteiger partial charge on any atom is -0.378 e. The number of rotatable bonds is 3. The summed E-state index contributed by atoms with van der Waals surface area (Å²) in [5.74, 6) is 0.550. The van der Waals surface area contributed by atoms with Gasteiger partial charge in [-0.05, 0) is 51.4 Å². The number of fused-ring (bicyclic) bond motifs is 1. The zero-order valence-corrected chi connectivity index (χ0v) is 13.2. The summed E-state index contributed by atoms with van der Waals surface area (Å²) in [6, 6.07) is 6.59. The van der Waals surface area contributed by atoms with Gasteiger partial charge in [0, 0.05) is 24.3 Å². The van der Waals surface area contributed by atoms with Crippen LogP contribution in [0.15, 0.2) is 18.2 Å². The van der Waals surface area contributed by atoms with E-state index in [-0.39, 0.29) is 18.1 Å². The Morgan fingerprint density at radius 1 is 1.43 bits per heavy atom. The molecular weight excluding hydrogens is 264 g/mol. The zero-order valence-electron chi connectivity index (χ0n) is 13.2. The molecule has 4 heteroatoms. The highest BCUT2D eigenvalue weighted by Crippen LogP contribution is 2.40. The molecule has 0 bridgehead atoms. The van der Waals surface area contributed by atoms with E-state index in [1.165, 1.54) is 5.56 Å². The molecule has 0 aromatic heterocycles. The lowest BCUT2D eigenvalue weighted by atomic mass is 9.82. The maximum atomic E-state index is 12.1. The molecule has 0 radical (unpaired) electrons. The second-order valence-electron chi connectivity index (χ2n) is 6.68. The molecule has 1 fully saturated rings. The lowest BCUT2D eigenvalue weighted by Crippen LogP contribution is -2.30. The lowest BCUT2D eigenvalue weighted by Gasteiger charge is -2.27. The van der Waals surface area contributed by atoms with Crippen LogP contribution in [-0.4, -0.2) is 25.7 Å². The van der Waals surface area contributed by atoms with Crippen LogP contribution in [0, 0.1) is 5.92 Å². The van der Waals surface area contributed by atoms with Crippen molar-refractivity contribution in [3.63, 3.8) is 0 Å². The molecule has 0 saturated carbocycles. The van der Waals surface area contributed by atoms with Gasteiger partial charge in [-0.15, -0.1) is 0 Å². The van der Waals surface area contributed by atoms with Crippen LogP contribution in [0.5, 0.6) is 0 Å². The molecule has 2 aliphatic rings. The predicted octanol–water partition coefficient (Wildman–Crippen LogP) is 2.60. The molecule has 0 aliphatic carbocycles. The number of amides is 1. The summed E-state index contributed by atoms with van der Waals surface area (Å²) in [7, 11) is 2.00. The molecule has 1 aromatic rings. The van der Waals surface area contributed by atoms with Crippen LogP contribution >= 0.6 is 0 Å². The van der Waals surface area contributed by atoms with E-state index < -0.39 is 5.41 Å². The van der Waals surface area contributed by atoms with E-state index in [9.17, 15) is 4.79 Å². The van der Waals surface area contributed by atoms with Crippen molar-refractivity contribution in [2.75, 3.05) is 19.0 Å². The Morgan fingerprint density at radius 3 is 2.81 bits per heavy atom. The third kappa shape index (κ3) is 2.27. The number of ether oxygens (including phenoxy) is 1. The van der Waals surface area contributed by atoms with Crippen LogP contribution < -0.4 is 10.6 Å². The van der Waals surface area contributed by atoms with Crippen molar-refractivity contribution in [2.24, 2.45) is 5.92 Å². The van der Waals surface area contributed by atoms with Gasteiger partial charge in [0.25, 0.3) is 0 Å². The van der Waals surface area contributed by atoms with Gasteiger partial charge in [-0.1, -0.05) is 12.1 Å². The fourth-order valence-corrected chi connectivity index (χ4v) is 3.60. The smallest absolute Gasteiger partial charge is 0.234 e. The summed E-state index contributed by atoms with van der Waals surface area (Å²) < 4.78 is 5.71. The number of carbonyl (C=O) groups excluding carboxylic acids is 1. The molecule has 2 N–H and O–H groups in total. The molecule has 1 amide bonds. The first kappa shape index (κ1) is 14.5. The predicted molar refractivity (Wildman–Crippen MR) is 83.4 cm³/mol. The largest absolute Gasteiger partial charge is 0.378 e. The van der Waals surface area contributed by atoms with Crippen LogP contribution in [0.4, 0.5) is 5.69 Å². The molecule has 3 rings (SSSR count). The second kappa shape index (κ2) is 5.11. The van der Waals surface area contributed by atoms with Gasteiger partial charge in [0.1, 0.15) is 0 Å². The Morgan fingerprint density at radius 2 is 2.19 bits per heavy atom. The summed E-state index contributed by atoms with van der Waals surface area (Å²) in [5, 5.41) is 6.40. The van der Waals surface area contributed by atoms with Crippen LogP contribution in [0.2, 0.25) is 0 Å². The topological polar surface area (TPSA) is 50.4 Å². The summed E-state index contributed by atoms with van der Waals surface area (Å²) in [5.41, 5.74) is 2.82. The van der Waals surface area contributed by atoms with Crippen molar-refractivity contribution in [3.8, 4) is 0 Å². The van der Waals surface area contributed by atoms with Crippen LogP contribution in [0.25, 0.3) is 0 Å². The maximum Gasteiger partial charge on any atom is 0.234 e. The van der Waals surface area contributed by atoms with Crippen molar-refractivity contribution in [2.45, 2.75) is 44.8 Å². The molecule has 1 aromatic carbocycles. The Bertz CT molecular complexity index is 568. The van der Waals surface area contributed by atoms with E-state index in [1.54, 1.807) is 0 Å². The Balaban J connectivity index is 1.97. The minimum absolute atomic E-state index is 0.0771. The van der Waals surface area contributed by atoms with Crippen molar-refractivity contribution in [1.82, 2.24) is 5.32 Å². The van der Waals surface area contributed by atoms with E-state index >= 15 is 0 Å². The first-order valence-corrected chi connectivity index (χ1v) is 7.70. The van der Waals surface area contributed by atoms with Crippen molar-refractivity contribution in [3.05, 3.63) is 29.3 Å². The third-order valence-corrected chi connectivity index (χ3v) is 5.07. The fraction of sp³-hybridized carbons (Fsp3) is 0.588. The van der Waals surface area contributed by atoms with E-state index in [0.717, 1.165) is 24.3 Å². The SMILES string of the molecule is CNC(c1ccc2c(c1)C(C)(C)C(=O)N2)C1CCOC1C. The van der Waals surface area contributed by atoms with Crippen molar-refractivity contribution >= 4 is 11.6 Å². The van der Waals surface area contributed by atoms with Gasteiger partial charge in [0.15, 0.2) is 0 Å². The average Bonchev–Trinajstić information content (AvgIpc) is 2.95. The van der Waals surface area contributed by atoms with E-state index in [4.69, 9.17) is 4.74 Å². The number of hydrogen-bond acceptors (Lipinski definition) is 3. The summed E-state index contributed by atoms with van der Waals surface area (Å²) in [4.78, 5) is 12.1. The molecule has 2 aliphatic heterocycles. The molecule has 114 valence electrons. The minimum atomic E-state index is -0.457. The molecule has 1 saturated heterocycles. The van der Waals surface area contributed by atoms with Gasteiger partial charge in [-0.3, -0.25) is 4.79 Å². The number of carbonyl (C=O) groups is 1. The first-order chi connectivity index (χ1) is 9.95. The monoisotopic (exact) mass is 288 g/mol. The second-order valence-corrected chi connectivity index (χ2v) is 6.68. The third-order valence-electron chi connectivity index (χ3n) is 5.07. The molecule has 2 heterocycles. The lowest BCUT2D eigenvalue weighted by molar-refractivity contribution is -0.119. The molecule has 3 unspecified atom stereocenters. The average molecular weight is 288 g/mol. The maximum absolute atomic E-state index is 12.1. The fourth-order valence-electron chi connectivity index (χ4n) is 3.60. The van der Waals surface area contributed by atoms with Crippen molar-refractivity contribution < 1.29 is 9.53 Å². The highest BCUT2D eigenvalue weighted by atomic mass is 16.5. The van der Waals surface area contributed by atoms with Gasteiger partial charge in [-0.25, -0.2) is 0 Å². The van der Waals surface area contributed by atoms with Gasteiger partial charge < -0.3 is 15.4 Å². The highest BCUT2D eigenvalue weighted by molar-refractivity contribution is 6.05. The van der Waals surface area contributed by atoms with Gasteiger partial charge >= 0.3 is 0 Å². The standard InChI is InChI=1S/C17H24N2O2/c1-10-12(7-8-21-10)15(18-4)11-5-6-14-13(9-11)17(2,3)16(20)19-14/h5-6,9-10,12,15,18H,7-8H2,1-4H3,(H,19,20). The first-order valence-electron chi connectivity index (χ1n) is 7.70.